The summed E-state index contributed by atoms with van der Waals surface area (Å²) in [6, 6.07) is 0. The fraction of sp³-hybridized carbons (Fsp3) is 0.889. The Bertz CT molecular complexity index is 158. The highest BCUT2D eigenvalue weighted by atomic mass is 16.5. The number of nitrogens with one attached hydrogen (secondary N) is 1. The molecule has 0 aromatic rings. The Morgan fingerprint density at radius 1 is 1.54 bits per heavy atom. The van der Waals surface area contributed by atoms with Crippen molar-refractivity contribution in [1.82, 2.24) is 5.32 Å². The predicted molar refractivity (Wildman–Crippen MR) is 52.4 cm³/mol. The van der Waals surface area contributed by atoms with Gasteiger partial charge in [0.15, 0.2) is 0 Å². The zero-order valence-electron chi connectivity index (χ0n) is 8.72. The molecule has 0 bridgehead atoms. The molecule has 13 heavy (non-hydrogen) atoms. The molecule has 0 saturated heterocycles. The lowest BCUT2D eigenvalue weighted by Crippen LogP contribution is -2.50. The molecule has 0 spiro atoms. The van der Waals surface area contributed by atoms with Crippen LogP contribution in [0.15, 0.2) is 0 Å². The van der Waals surface area contributed by atoms with Gasteiger partial charge >= 0.3 is 0 Å². The molecular weight excluding hydrogens is 168 g/mol. The molecule has 3 N–H and O–H groups in total. The Morgan fingerprint density at radius 2 is 2.15 bits per heavy atom. The van der Waals surface area contributed by atoms with Crippen LogP contribution in [0.3, 0.4) is 0 Å². The number of nitrogens with two attached hydrogens (primary N) is 1. The van der Waals surface area contributed by atoms with Crippen molar-refractivity contribution < 1.29 is 9.53 Å². The minimum absolute atomic E-state index is 0.330. The number of amides is 1. The van der Waals surface area contributed by atoms with Gasteiger partial charge in [0.1, 0.15) is 0 Å². The second-order valence-corrected chi connectivity index (χ2v) is 3.47. The largest absolute Gasteiger partial charge is 0.382 e. The number of hydrogen-bond donors (Lipinski definition) is 2. The van der Waals surface area contributed by atoms with Crippen molar-refractivity contribution in [1.29, 1.82) is 0 Å². The molecule has 0 rings (SSSR count). The Hall–Kier alpha value is -0.610. The lowest BCUT2D eigenvalue weighted by atomic mass is 10.1. The summed E-state index contributed by atoms with van der Waals surface area (Å²) in [7, 11) is 0. The number of carbonyl (C=O) groups excluding carboxylic acids is 1. The van der Waals surface area contributed by atoms with Crippen molar-refractivity contribution in [3.8, 4) is 0 Å². The van der Waals surface area contributed by atoms with Gasteiger partial charge in [-0.15, -0.1) is 0 Å². The first-order valence-corrected chi connectivity index (χ1v) is 4.63. The maximum absolute atomic E-state index is 10.9. The third-order valence-corrected chi connectivity index (χ3v) is 1.85. The molecule has 0 aromatic carbocycles. The minimum atomic E-state index is -0.619. The molecule has 0 heterocycles. The maximum Gasteiger partial charge on any atom is 0.237 e. The van der Waals surface area contributed by atoms with Crippen LogP contribution in [0.2, 0.25) is 0 Å². The molecule has 0 aromatic heterocycles. The van der Waals surface area contributed by atoms with Crippen molar-refractivity contribution >= 4 is 5.91 Å². The van der Waals surface area contributed by atoms with Crippen LogP contribution in [0.25, 0.3) is 0 Å². The molecule has 78 valence electrons. The lowest BCUT2D eigenvalue weighted by Gasteiger charge is -2.22. The first kappa shape index (κ1) is 12.4. The van der Waals surface area contributed by atoms with Crippen LogP contribution in [0.4, 0.5) is 0 Å². The lowest BCUT2D eigenvalue weighted by molar-refractivity contribution is -0.123. The molecule has 0 aliphatic rings. The molecule has 0 fully saturated rings. The summed E-state index contributed by atoms with van der Waals surface area (Å²) in [6.07, 6.45) is 0.893. The highest BCUT2D eigenvalue weighted by molar-refractivity contribution is 5.83. The summed E-state index contributed by atoms with van der Waals surface area (Å²) in [5.41, 5.74) is 4.56. The molecule has 0 aliphatic carbocycles. The Labute approximate surface area is 79.8 Å². The topological polar surface area (TPSA) is 64.3 Å². The quantitative estimate of drug-likeness (QED) is 0.563. The molecule has 4 heteroatoms. The van der Waals surface area contributed by atoms with Crippen LogP contribution in [0.5, 0.6) is 0 Å². The van der Waals surface area contributed by atoms with Gasteiger partial charge < -0.3 is 15.8 Å². The summed E-state index contributed by atoms with van der Waals surface area (Å²) >= 11 is 0. The summed E-state index contributed by atoms with van der Waals surface area (Å²) in [6.45, 7) is 7.71. The molecule has 0 aliphatic heterocycles. The van der Waals surface area contributed by atoms with Gasteiger partial charge in [0.25, 0.3) is 0 Å². The molecule has 4 nitrogen and oxygen atoms in total. The van der Waals surface area contributed by atoms with Crippen LogP contribution in [-0.2, 0) is 9.53 Å². The highest BCUT2D eigenvalue weighted by Gasteiger charge is 2.22. The van der Waals surface area contributed by atoms with Crippen molar-refractivity contribution in [3.05, 3.63) is 0 Å². The van der Waals surface area contributed by atoms with Crippen LogP contribution >= 0.6 is 0 Å². The van der Waals surface area contributed by atoms with E-state index in [4.69, 9.17) is 10.5 Å². The Morgan fingerprint density at radius 3 is 2.62 bits per heavy atom. The third-order valence-electron chi connectivity index (χ3n) is 1.85. The van der Waals surface area contributed by atoms with E-state index in [1.807, 2.05) is 6.92 Å². The number of primary amides is 1. The minimum Gasteiger partial charge on any atom is -0.382 e. The molecule has 1 amide bonds. The monoisotopic (exact) mass is 188 g/mol. The standard InChI is InChI=1S/C9H20N2O2/c1-4-13-7-5-6-11-9(2,3)8(10)12/h11H,4-7H2,1-3H3,(H2,10,12). The van der Waals surface area contributed by atoms with Crippen molar-refractivity contribution in [2.45, 2.75) is 32.7 Å². The number of carbonyl (C=O) groups is 1. The summed E-state index contributed by atoms with van der Waals surface area (Å²) in [5, 5.41) is 3.06. The van der Waals surface area contributed by atoms with Crippen LogP contribution in [-0.4, -0.2) is 31.2 Å². The predicted octanol–water partition coefficient (Wildman–Crippen LogP) is 0.267. The zero-order chi connectivity index (χ0) is 10.3. The Kier molecular flexibility index (Phi) is 5.66. The number of ether oxygens (including phenoxy) is 1. The van der Waals surface area contributed by atoms with Gasteiger partial charge in [0.2, 0.25) is 5.91 Å². The average molecular weight is 188 g/mol. The van der Waals surface area contributed by atoms with E-state index in [0.29, 0.717) is 0 Å². The SMILES string of the molecule is CCOCCCNC(C)(C)C(N)=O. The van der Waals surface area contributed by atoms with E-state index in [1.165, 1.54) is 0 Å². The van der Waals surface area contributed by atoms with Gasteiger partial charge in [-0.3, -0.25) is 4.79 Å². The fourth-order valence-corrected chi connectivity index (χ4v) is 0.807. The molecule has 0 saturated carbocycles. The van der Waals surface area contributed by atoms with E-state index >= 15 is 0 Å². The van der Waals surface area contributed by atoms with Crippen LogP contribution < -0.4 is 11.1 Å². The summed E-state index contributed by atoms with van der Waals surface area (Å²) < 4.78 is 5.15. The van der Waals surface area contributed by atoms with Gasteiger partial charge in [-0.25, -0.2) is 0 Å². The van der Waals surface area contributed by atoms with E-state index in [2.05, 4.69) is 5.32 Å². The number of hydrogen-bond acceptors (Lipinski definition) is 3. The van der Waals surface area contributed by atoms with E-state index in [-0.39, 0.29) is 5.91 Å². The normalized spacial score (nSPS) is 11.6. The van der Waals surface area contributed by atoms with E-state index in [0.717, 1.165) is 26.2 Å². The van der Waals surface area contributed by atoms with Crippen LogP contribution in [0.1, 0.15) is 27.2 Å². The average Bonchev–Trinajstić information content (AvgIpc) is 2.03. The van der Waals surface area contributed by atoms with Gasteiger partial charge in [0.05, 0.1) is 5.54 Å². The van der Waals surface area contributed by atoms with Gasteiger partial charge in [-0.2, -0.15) is 0 Å². The molecule has 0 unspecified atom stereocenters. The zero-order valence-corrected chi connectivity index (χ0v) is 8.72. The third kappa shape index (κ3) is 5.60. The van der Waals surface area contributed by atoms with Crippen LogP contribution in [0, 0.1) is 0 Å². The van der Waals surface area contributed by atoms with Gasteiger partial charge in [-0.05, 0) is 33.7 Å². The fourth-order valence-electron chi connectivity index (χ4n) is 0.807. The van der Waals surface area contributed by atoms with Gasteiger partial charge in [-0.1, -0.05) is 0 Å². The molecule has 0 atom stereocenters. The maximum atomic E-state index is 10.9. The second kappa shape index (κ2) is 5.94. The van der Waals surface area contributed by atoms with E-state index < -0.39 is 5.54 Å². The number of rotatable bonds is 7. The smallest absolute Gasteiger partial charge is 0.237 e. The first-order chi connectivity index (χ1) is 6.00. The second-order valence-electron chi connectivity index (χ2n) is 3.47. The molecular formula is C9H20N2O2. The molecule has 0 radical (unpaired) electrons. The van der Waals surface area contributed by atoms with Gasteiger partial charge in [0, 0.05) is 13.2 Å². The van der Waals surface area contributed by atoms with Crippen molar-refractivity contribution in [2.75, 3.05) is 19.8 Å². The summed E-state index contributed by atoms with van der Waals surface area (Å²) in [5.74, 6) is -0.330. The van der Waals surface area contributed by atoms with Crippen molar-refractivity contribution in [2.24, 2.45) is 5.73 Å². The summed E-state index contributed by atoms with van der Waals surface area (Å²) in [4.78, 5) is 10.9. The van der Waals surface area contributed by atoms with E-state index in [9.17, 15) is 4.79 Å². The van der Waals surface area contributed by atoms with E-state index in [1.54, 1.807) is 13.8 Å². The Balaban J connectivity index is 3.46. The highest BCUT2D eigenvalue weighted by Crippen LogP contribution is 1.99. The first-order valence-electron chi connectivity index (χ1n) is 4.63. The van der Waals surface area contributed by atoms with Crippen molar-refractivity contribution in [3.63, 3.8) is 0 Å².